The lowest BCUT2D eigenvalue weighted by atomic mass is 9.75. The zero-order valence-electron chi connectivity index (χ0n) is 17.1. The van der Waals surface area contributed by atoms with Gasteiger partial charge in [-0.25, -0.2) is 17.2 Å². The van der Waals surface area contributed by atoms with Crippen LogP contribution in [-0.2, 0) is 28.9 Å². The van der Waals surface area contributed by atoms with Crippen molar-refractivity contribution in [2.45, 2.75) is 35.5 Å². The van der Waals surface area contributed by atoms with E-state index < -0.39 is 50.0 Å². The Labute approximate surface area is 189 Å². The normalized spacial score (nSPS) is 24.8. The van der Waals surface area contributed by atoms with Gasteiger partial charge in [-0.2, -0.15) is 0 Å². The third-order valence-corrected chi connectivity index (χ3v) is 8.87. The van der Waals surface area contributed by atoms with Gasteiger partial charge >= 0.3 is 5.97 Å². The molecule has 0 saturated carbocycles. The maximum absolute atomic E-state index is 15.2. The SMILES string of the molecule is CC(=O)OCC[C@@H]1OCC[C@@]2(S(=O)(=O)c3ccc(Cl)cc3)c3c(F)ccc(F)c3OCC12. The van der Waals surface area contributed by atoms with Gasteiger partial charge in [-0.15, -0.1) is 0 Å². The summed E-state index contributed by atoms with van der Waals surface area (Å²) in [6, 6.07) is 7.37. The number of sulfone groups is 1. The van der Waals surface area contributed by atoms with E-state index in [1.165, 1.54) is 31.2 Å². The number of carbonyl (C=O) groups excluding carboxylic acids is 1. The van der Waals surface area contributed by atoms with Crippen molar-refractivity contribution in [3.63, 3.8) is 0 Å². The predicted octanol–water partition coefficient (Wildman–Crippen LogP) is 4.04. The molecule has 0 aromatic heterocycles. The largest absolute Gasteiger partial charge is 0.490 e. The summed E-state index contributed by atoms with van der Waals surface area (Å²) < 4.78 is 72.5. The molecule has 0 spiro atoms. The molecular weight excluding hydrogens is 466 g/mol. The third kappa shape index (κ3) is 3.66. The van der Waals surface area contributed by atoms with Crippen molar-refractivity contribution in [1.82, 2.24) is 0 Å². The number of halogens is 3. The number of hydrogen-bond donors (Lipinski definition) is 0. The van der Waals surface area contributed by atoms with Crippen LogP contribution in [0.15, 0.2) is 41.3 Å². The second-order valence-corrected chi connectivity index (χ2v) is 10.4. The van der Waals surface area contributed by atoms with Crippen molar-refractivity contribution in [2.24, 2.45) is 5.92 Å². The minimum atomic E-state index is -4.26. The smallest absolute Gasteiger partial charge is 0.302 e. The first-order valence-corrected chi connectivity index (χ1v) is 11.9. The van der Waals surface area contributed by atoms with Crippen molar-refractivity contribution in [3.8, 4) is 5.75 Å². The van der Waals surface area contributed by atoms with E-state index >= 15 is 4.39 Å². The number of benzene rings is 2. The molecule has 32 heavy (non-hydrogen) atoms. The molecule has 0 radical (unpaired) electrons. The molecule has 10 heteroatoms. The van der Waals surface area contributed by atoms with Crippen molar-refractivity contribution in [3.05, 3.63) is 58.6 Å². The van der Waals surface area contributed by atoms with E-state index in [1.54, 1.807) is 0 Å². The summed E-state index contributed by atoms with van der Waals surface area (Å²) in [7, 11) is -4.26. The van der Waals surface area contributed by atoms with Gasteiger partial charge in [0.2, 0.25) is 0 Å². The first-order chi connectivity index (χ1) is 15.2. The molecule has 0 N–H and O–H groups in total. The first kappa shape index (κ1) is 22.9. The van der Waals surface area contributed by atoms with Crippen LogP contribution in [0.1, 0.15) is 25.3 Å². The van der Waals surface area contributed by atoms with Crippen molar-refractivity contribution in [1.29, 1.82) is 0 Å². The molecule has 3 atom stereocenters. The van der Waals surface area contributed by atoms with Crippen LogP contribution < -0.4 is 4.74 Å². The Kier molecular flexibility index (Phi) is 6.17. The van der Waals surface area contributed by atoms with Crippen molar-refractivity contribution < 1.29 is 36.2 Å². The van der Waals surface area contributed by atoms with Gasteiger partial charge in [0.15, 0.2) is 21.4 Å². The average Bonchev–Trinajstić information content (AvgIpc) is 2.75. The highest BCUT2D eigenvalue weighted by atomic mass is 35.5. The van der Waals surface area contributed by atoms with Gasteiger partial charge in [0.05, 0.1) is 29.8 Å². The molecule has 1 unspecified atom stereocenters. The maximum Gasteiger partial charge on any atom is 0.302 e. The predicted molar refractivity (Wildman–Crippen MR) is 111 cm³/mol. The second-order valence-electron chi connectivity index (χ2n) is 7.79. The number of ether oxygens (including phenoxy) is 3. The highest BCUT2D eigenvalue weighted by Gasteiger charge is 2.61. The molecular formula is C22H21ClF2O6S. The lowest BCUT2D eigenvalue weighted by Gasteiger charge is -2.50. The summed E-state index contributed by atoms with van der Waals surface area (Å²) >= 11 is 5.93. The van der Waals surface area contributed by atoms with E-state index in [0.29, 0.717) is 5.02 Å². The molecule has 172 valence electrons. The van der Waals surface area contributed by atoms with Crippen LogP contribution in [0.5, 0.6) is 5.75 Å². The van der Waals surface area contributed by atoms with E-state index in [9.17, 15) is 17.6 Å². The lowest BCUT2D eigenvalue weighted by molar-refractivity contribution is -0.143. The molecule has 1 saturated heterocycles. The molecule has 1 fully saturated rings. The number of rotatable bonds is 5. The van der Waals surface area contributed by atoms with Crippen LogP contribution in [0.25, 0.3) is 0 Å². The van der Waals surface area contributed by atoms with E-state index in [-0.39, 0.29) is 43.1 Å². The number of fused-ring (bicyclic) bond motifs is 3. The fourth-order valence-corrected chi connectivity index (χ4v) is 7.12. The quantitative estimate of drug-likeness (QED) is 0.593. The molecule has 2 aliphatic heterocycles. The average molecular weight is 487 g/mol. The van der Waals surface area contributed by atoms with Crippen LogP contribution in [0.2, 0.25) is 5.02 Å². The zero-order valence-corrected chi connectivity index (χ0v) is 18.7. The Hall–Kier alpha value is -2.23. The second kappa shape index (κ2) is 8.61. The van der Waals surface area contributed by atoms with Crippen molar-refractivity contribution in [2.75, 3.05) is 19.8 Å². The lowest BCUT2D eigenvalue weighted by Crippen LogP contribution is -2.57. The molecule has 2 aliphatic rings. The van der Waals surface area contributed by atoms with Crippen molar-refractivity contribution >= 4 is 27.4 Å². The summed E-state index contributed by atoms with van der Waals surface area (Å²) in [4.78, 5) is 11.1. The summed E-state index contributed by atoms with van der Waals surface area (Å²) in [5.74, 6) is -3.47. The molecule has 0 amide bonds. The molecule has 2 heterocycles. The van der Waals surface area contributed by atoms with E-state index in [1.807, 2.05) is 0 Å². The van der Waals surface area contributed by atoms with E-state index in [4.69, 9.17) is 25.8 Å². The van der Waals surface area contributed by atoms with Gasteiger partial charge in [0.25, 0.3) is 0 Å². The van der Waals surface area contributed by atoms with E-state index in [0.717, 1.165) is 12.1 Å². The Bertz CT molecular complexity index is 1140. The molecule has 2 aromatic rings. The Balaban J connectivity index is 1.90. The van der Waals surface area contributed by atoms with Crippen LogP contribution in [0.3, 0.4) is 0 Å². The van der Waals surface area contributed by atoms with Crippen LogP contribution in [0, 0.1) is 17.6 Å². The number of hydrogen-bond acceptors (Lipinski definition) is 6. The number of esters is 1. The molecule has 0 bridgehead atoms. The standard InChI is InChI=1S/C22H21ClF2O6S/c1-13(26)29-10-8-19-16-12-31-21-18(25)7-6-17(24)20(21)22(16,9-11-30-19)32(27,28)15-4-2-14(23)3-5-15/h2-7,16,19H,8-12H2,1H3/t16?,19-,22-/m0/s1. The summed E-state index contributed by atoms with van der Waals surface area (Å²) in [6.07, 6.45) is -0.637. The molecule has 0 aliphatic carbocycles. The monoisotopic (exact) mass is 486 g/mol. The highest BCUT2D eigenvalue weighted by Crippen LogP contribution is 2.55. The van der Waals surface area contributed by atoms with Gasteiger partial charge in [-0.1, -0.05) is 11.6 Å². The van der Waals surface area contributed by atoms with Crippen LogP contribution in [-0.4, -0.2) is 40.3 Å². The molecule has 4 rings (SSSR count). The maximum atomic E-state index is 15.2. The van der Waals surface area contributed by atoms with Gasteiger partial charge in [-0.05, 0) is 42.8 Å². The minimum Gasteiger partial charge on any atom is -0.490 e. The summed E-state index contributed by atoms with van der Waals surface area (Å²) in [5.41, 5.74) is -0.329. The third-order valence-electron chi connectivity index (χ3n) is 6.05. The van der Waals surface area contributed by atoms with Crippen LogP contribution in [0.4, 0.5) is 8.78 Å². The minimum absolute atomic E-state index is 0.00787. The fraction of sp³-hybridized carbons (Fsp3) is 0.409. The van der Waals surface area contributed by atoms with Gasteiger partial charge in [0.1, 0.15) is 10.6 Å². The van der Waals surface area contributed by atoms with Gasteiger partial charge in [-0.3, -0.25) is 4.79 Å². The summed E-state index contributed by atoms with van der Waals surface area (Å²) in [6.45, 7) is 1.04. The number of carbonyl (C=O) groups is 1. The van der Waals surface area contributed by atoms with Gasteiger partial charge < -0.3 is 14.2 Å². The Morgan fingerprint density at radius 1 is 1.19 bits per heavy atom. The van der Waals surface area contributed by atoms with E-state index in [2.05, 4.69) is 0 Å². The summed E-state index contributed by atoms with van der Waals surface area (Å²) in [5, 5.41) is 0.342. The molecule has 6 nitrogen and oxygen atoms in total. The Morgan fingerprint density at radius 3 is 2.56 bits per heavy atom. The first-order valence-electron chi connectivity index (χ1n) is 10.0. The highest BCUT2D eigenvalue weighted by molar-refractivity contribution is 7.92. The fourth-order valence-electron chi connectivity index (χ4n) is 4.65. The van der Waals surface area contributed by atoms with Gasteiger partial charge in [0, 0.05) is 30.9 Å². The molecule has 2 aromatic carbocycles. The topological polar surface area (TPSA) is 78.9 Å². The Morgan fingerprint density at radius 2 is 1.88 bits per heavy atom. The zero-order chi connectivity index (χ0) is 23.1. The van der Waals surface area contributed by atoms with Crippen LogP contribution >= 0.6 is 11.6 Å².